The number of nitrogens with zero attached hydrogens (tertiary/aromatic N) is 4. The van der Waals surface area contributed by atoms with Gasteiger partial charge < -0.3 is 0 Å². The van der Waals surface area contributed by atoms with Crippen molar-refractivity contribution in [2.24, 2.45) is 0 Å². The zero-order chi connectivity index (χ0) is 21.1. The molecule has 1 aliphatic rings. The van der Waals surface area contributed by atoms with Crippen LogP contribution >= 0.6 is 36.4 Å². The number of carbonyl (C=O) groups excluding carboxylic acids is 1. The standard InChI is InChI=1S/C22H21AsClFN4O.2ClH/c23-10-9-22(25,16-5-7-17(24)8-6-16)21(30)29-13-11-28(12-14-29)20-18-3-1-2-4-19(18)26-15-27-20;;/h1-8,15H,9-14H2;2*1H. The topological polar surface area (TPSA) is 49.3 Å². The van der Waals surface area contributed by atoms with Gasteiger partial charge in [0.2, 0.25) is 0 Å². The van der Waals surface area contributed by atoms with Crippen molar-refractivity contribution in [1.82, 2.24) is 14.9 Å². The van der Waals surface area contributed by atoms with Crippen LogP contribution in [0.5, 0.6) is 0 Å². The second-order valence-electron chi connectivity index (χ2n) is 7.28. The number of aromatic nitrogens is 2. The minimum absolute atomic E-state index is 0. The van der Waals surface area contributed by atoms with Crippen molar-refractivity contribution in [2.75, 3.05) is 31.1 Å². The molecule has 10 heteroatoms. The Bertz CT molecular complexity index is 1050. The summed E-state index contributed by atoms with van der Waals surface area (Å²) in [4.78, 5) is 25.7. The van der Waals surface area contributed by atoms with E-state index in [0.29, 0.717) is 42.0 Å². The fourth-order valence-electron chi connectivity index (χ4n) is 3.86. The summed E-state index contributed by atoms with van der Waals surface area (Å²) in [6.45, 7) is 2.06. The van der Waals surface area contributed by atoms with Crippen LogP contribution < -0.4 is 4.90 Å². The molecule has 2 aromatic carbocycles. The van der Waals surface area contributed by atoms with Gasteiger partial charge in [-0.2, -0.15) is 0 Å². The van der Waals surface area contributed by atoms with Gasteiger partial charge >= 0.3 is 183 Å². The summed E-state index contributed by atoms with van der Waals surface area (Å²) in [7, 11) is 0. The number of alkyl halides is 1. The molecular formula is C22H23AsCl3FN4O. The number of halogens is 4. The van der Waals surface area contributed by atoms with Crippen molar-refractivity contribution in [1.29, 1.82) is 0 Å². The molecule has 32 heavy (non-hydrogen) atoms. The van der Waals surface area contributed by atoms with Gasteiger partial charge in [-0.15, -0.1) is 24.8 Å². The number of hydrogen-bond acceptors (Lipinski definition) is 4. The van der Waals surface area contributed by atoms with Gasteiger partial charge in [0.15, 0.2) is 0 Å². The molecule has 2 radical (unpaired) electrons. The third-order valence-electron chi connectivity index (χ3n) is 5.49. The summed E-state index contributed by atoms with van der Waals surface area (Å²) >= 11 is 8.30. The number of amides is 1. The van der Waals surface area contributed by atoms with E-state index in [1.54, 1.807) is 35.5 Å². The molecule has 1 saturated heterocycles. The van der Waals surface area contributed by atoms with Crippen LogP contribution in [0.3, 0.4) is 0 Å². The number of benzene rings is 2. The van der Waals surface area contributed by atoms with Crippen molar-refractivity contribution >= 4 is 75.9 Å². The molecule has 3 aromatic rings. The van der Waals surface area contributed by atoms with Gasteiger partial charge in [0.25, 0.3) is 0 Å². The van der Waals surface area contributed by atoms with Gasteiger partial charge in [-0.05, 0) is 0 Å². The van der Waals surface area contributed by atoms with Gasteiger partial charge in [-0.1, -0.05) is 6.07 Å². The van der Waals surface area contributed by atoms with Crippen LogP contribution in [0.2, 0.25) is 10.2 Å². The molecular weight excluding hydrogens is 537 g/mol. The molecule has 170 valence electrons. The number of rotatable bonds is 5. The normalized spacial score (nSPS) is 15.5. The Morgan fingerprint density at radius 1 is 1.03 bits per heavy atom. The van der Waals surface area contributed by atoms with Crippen LogP contribution in [0.4, 0.5) is 10.2 Å². The molecule has 0 aliphatic carbocycles. The maximum atomic E-state index is 16.0. The fourth-order valence-corrected chi connectivity index (χ4v) is 4.63. The minimum atomic E-state index is -2.05. The third-order valence-corrected chi connectivity index (χ3v) is 6.21. The number of piperazine rings is 1. The van der Waals surface area contributed by atoms with E-state index in [4.69, 9.17) is 11.6 Å². The quantitative estimate of drug-likeness (QED) is 0.429. The van der Waals surface area contributed by atoms with E-state index < -0.39 is 11.6 Å². The number of anilines is 1. The second kappa shape index (κ2) is 11.5. The summed E-state index contributed by atoms with van der Waals surface area (Å²) in [5, 5.41) is 2.00. The second-order valence-corrected chi connectivity index (χ2v) is 8.65. The first kappa shape index (κ1) is 26.7. The number of fused-ring (bicyclic) bond motifs is 1. The van der Waals surface area contributed by atoms with Gasteiger partial charge in [0, 0.05) is 0 Å². The molecule has 0 saturated carbocycles. The van der Waals surface area contributed by atoms with E-state index in [1.165, 1.54) is 0 Å². The van der Waals surface area contributed by atoms with E-state index in [2.05, 4.69) is 31.7 Å². The summed E-state index contributed by atoms with van der Waals surface area (Å²) in [6.07, 6.45) is 1.67. The SMILES string of the molecule is Cl.Cl.O=C(N1CCN(c2ncnc3ccccc23)CC1)C(F)(CC[As])c1ccc(Cl)cc1. The molecule has 5 nitrogen and oxygen atoms in total. The van der Waals surface area contributed by atoms with Crippen LogP contribution in [-0.2, 0) is 10.5 Å². The third kappa shape index (κ3) is 5.31. The Labute approximate surface area is 213 Å². The van der Waals surface area contributed by atoms with Crippen molar-refractivity contribution in [3.63, 3.8) is 0 Å². The Balaban J connectivity index is 0.00000181. The summed E-state index contributed by atoms with van der Waals surface area (Å²) < 4.78 is 16.0. The predicted molar refractivity (Wildman–Crippen MR) is 132 cm³/mol. The number of para-hydroxylation sites is 1. The monoisotopic (exact) mass is 558 g/mol. The van der Waals surface area contributed by atoms with Crippen molar-refractivity contribution in [2.45, 2.75) is 17.3 Å². The van der Waals surface area contributed by atoms with Crippen LogP contribution in [0.25, 0.3) is 10.9 Å². The molecule has 1 fully saturated rings. The van der Waals surface area contributed by atoms with Crippen molar-refractivity contribution in [3.8, 4) is 0 Å². The van der Waals surface area contributed by atoms with E-state index in [1.807, 2.05) is 24.3 Å². The van der Waals surface area contributed by atoms with Crippen LogP contribution in [0.1, 0.15) is 12.0 Å². The molecule has 0 bridgehead atoms. The first-order valence-corrected chi connectivity index (χ1v) is 11.5. The fraction of sp³-hybridized carbons (Fsp3) is 0.318. The Morgan fingerprint density at radius 2 is 1.69 bits per heavy atom. The molecule has 1 atom stereocenters. The van der Waals surface area contributed by atoms with E-state index in [-0.39, 0.29) is 31.2 Å². The number of carbonyl (C=O) groups is 1. The van der Waals surface area contributed by atoms with Crippen molar-refractivity contribution in [3.05, 3.63) is 65.4 Å². The average Bonchev–Trinajstić information content (AvgIpc) is 2.79. The van der Waals surface area contributed by atoms with Gasteiger partial charge in [-0.3, -0.25) is 0 Å². The van der Waals surface area contributed by atoms with E-state index >= 15 is 4.39 Å². The molecule has 1 aromatic heterocycles. The molecule has 0 N–H and O–H groups in total. The zero-order valence-corrected chi connectivity index (χ0v) is 21.4. The predicted octanol–water partition coefficient (Wildman–Crippen LogP) is 4.62. The molecule has 1 amide bonds. The number of hydrogen-bond donors (Lipinski definition) is 0. The molecule has 1 aliphatic heterocycles. The molecule has 2 heterocycles. The van der Waals surface area contributed by atoms with Crippen LogP contribution in [-0.4, -0.2) is 63.8 Å². The summed E-state index contributed by atoms with van der Waals surface area (Å²) in [5.74, 6) is 0.367. The Kier molecular flexibility index (Phi) is 9.59. The first-order chi connectivity index (χ1) is 14.5. The maximum absolute atomic E-state index is 16.0. The summed E-state index contributed by atoms with van der Waals surface area (Å²) in [6, 6.07) is 14.3. The van der Waals surface area contributed by atoms with Crippen LogP contribution in [0.15, 0.2) is 54.9 Å². The van der Waals surface area contributed by atoms with E-state index in [0.717, 1.165) is 16.7 Å². The van der Waals surface area contributed by atoms with Crippen molar-refractivity contribution < 1.29 is 9.18 Å². The molecule has 4 rings (SSSR count). The Hall–Kier alpha value is -1.59. The first-order valence-electron chi connectivity index (χ1n) is 9.83. The van der Waals surface area contributed by atoms with Gasteiger partial charge in [0.05, 0.1) is 0 Å². The molecule has 1 unspecified atom stereocenters. The zero-order valence-electron chi connectivity index (χ0n) is 17.2. The van der Waals surface area contributed by atoms with Gasteiger partial charge in [-0.25, -0.2) is 0 Å². The van der Waals surface area contributed by atoms with Crippen LogP contribution in [0, 0.1) is 0 Å². The Morgan fingerprint density at radius 3 is 2.34 bits per heavy atom. The van der Waals surface area contributed by atoms with Gasteiger partial charge in [0.1, 0.15) is 0 Å². The molecule has 0 spiro atoms. The summed E-state index contributed by atoms with van der Waals surface area (Å²) in [5.41, 5.74) is -0.818. The van der Waals surface area contributed by atoms with E-state index in [9.17, 15) is 4.79 Å². The average molecular weight is 560 g/mol.